The van der Waals surface area contributed by atoms with Crippen LogP contribution in [0.3, 0.4) is 0 Å². The predicted molar refractivity (Wildman–Crippen MR) is 87.9 cm³/mol. The normalized spacial score (nSPS) is 34.1. The standard InChI is InChI=1S/C19H26N2O2/c1-2-23-17-11-16(19(17)7-3-4-8-19)21-18(22)15-10-14(15)13-6-5-9-20-12-13/h5-6,9,12,14-17H,2-4,7-8,10-11H2,1H3,(H,21,22)/t14-,15-,16-,17+/m0/s1. The Hall–Kier alpha value is -1.42. The fourth-order valence-electron chi connectivity index (χ4n) is 4.82. The number of carbonyl (C=O) groups is 1. The maximum absolute atomic E-state index is 12.6. The summed E-state index contributed by atoms with van der Waals surface area (Å²) < 4.78 is 5.93. The average Bonchev–Trinajstić information content (AvgIpc) is 3.21. The zero-order valence-electron chi connectivity index (χ0n) is 13.8. The molecule has 1 N–H and O–H groups in total. The van der Waals surface area contributed by atoms with E-state index in [9.17, 15) is 4.79 Å². The third-order valence-corrected chi connectivity index (χ3v) is 6.24. The molecule has 3 fully saturated rings. The summed E-state index contributed by atoms with van der Waals surface area (Å²) in [6, 6.07) is 4.36. The Morgan fingerprint density at radius 1 is 1.39 bits per heavy atom. The first-order valence-corrected chi connectivity index (χ1v) is 9.06. The lowest BCUT2D eigenvalue weighted by molar-refractivity contribution is -0.144. The van der Waals surface area contributed by atoms with Crippen LogP contribution in [0.4, 0.5) is 0 Å². The minimum Gasteiger partial charge on any atom is -0.378 e. The first kappa shape index (κ1) is 15.1. The molecule has 1 aromatic heterocycles. The zero-order chi connectivity index (χ0) is 15.9. The number of hydrogen-bond donors (Lipinski definition) is 1. The first-order chi connectivity index (χ1) is 11.2. The molecule has 4 heteroatoms. The molecule has 1 heterocycles. The first-order valence-electron chi connectivity index (χ1n) is 9.06. The molecule has 1 spiro atoms. The Morgan fingerprint density at radius 2 is 2.22 bits per heavy atom. The largest absolute Gasteiger partial charge is 0.378 e. The van der Waals surface area contributed by atoms with E-state index in [1.165, 1.54) is 31.2 Å². The Kier molecular flexibility index (Phi) is 3.88. The van der Waals surface area contributed by atoms with Crippen molar-refractivity contribution in [3.63, 3.8) is 0 Å². The van der Waals surface area contributed by atoms with Gasteiger partial charge in [-0.2, -0.15) is 0 Å². The minimum absolute atomic E-state index is 0.142. The topological polar surface area (TPSA) is 51.2 Å². The van der Waals surface area contributed by atoms with Gasteiger partial charge >= 0.3 is 0 Å². The van der Waals surface area contributed by atoms with Gasteiger partial charge in [0, 0.05) is 36.4 Å². The van der Waals surface area contributed by atoms with E-state index in [2.05, 4.69) is 23.3 Å². The second-order valence-corrected chi connectivity index (χ2v) is 7.42. The van der Waals surface area contributed by atoms with Gasteiger partial charge in [0.15, 0.2) is 0 Å². The monoisotopic (exact) mass is 314 g/mol. The lowest BCUT2D eigenvalue weighted by Gasteiger charge is -2.54. The average molecular weight is 314 g/mol. The molecule has 1 amide bonds. The lowest BCUT2D eigenvalue weighted by Crippen LogP contribution is -2.64. The Balaban J connectivity index is 1.37. The van der Waals surface area contributed by atoms with Gasteiger partial charge in [-0.1, -0.05) is 18.9 Å². The Bertz CT molecular complexity index is 568. The predicted octanol–water partition coefficient (Wildman–Crippen LogP) is 3.04. The third kappa shape index (κ3) is 2.57. The van der Waals surface area contributed by atoms with E-state index in [1.54, 1.807) is 6.20 Å². The molecule has 23 heavy (non-hydrogen) atoms. The molecule has 4 nitrogen and oxygen atoms in total. The zero-order valence-corrected chi connectivity index (χ0v) is 13.8. The van der Waals surface area contributed by atoms with Crippen LogP contribution in [0, 0.1) is 11.3 Å². The van der Waals surface area contributed by atoms with Crippen LogP contribution >= 0.6 is 0 Å². The van der Waals surface area contributed by atoms with Crippen molar-refractivity contribution < 1.29 is 9.53 Å². The molecule has 0 bridgehead atoms. The van der Waals surface area contributed by atoms with E-state index in [-0.39, 0.29) is 17.2 Å². The summed E-state index contributed by atoms with van der Waals surface area (Å²) in [6.07, 6.45) is 11.0. The molecule has 124 valence electrons. The van der Waals surface area contributed by atoms with Crippen LogP contribution in [0.25, 0.3) is 0 Å². The maximum Gasteiger partial charge on any atom is 0.223 e. The highest BCUT2D eigenvalue weighted by Crippen LogP contribution is 2.55. The summed E-state index contributed by atoms with van der Waals surface area (Å²) in [5.74, 6) is 0.750. The van der Waals surface area contributed by atoms with Gasteiger partial charge in [-0.15, -0.1) is 0 Å². The molecular weight excluding hydrogens is 288 g/mol. The van der Waals surface area contributed by atoms with E-state index in [0.29, 0.717) is 18.1 Å². The second kappa shape index (κ2) is 5.90. The van der Waals surface area contributed by atoms with E-state index < -0.39 is 0 Å². The van der Waals surface area contributed by atoms with Crippen LogP contribution < -0.4 is 5.32 Å². The minimum atomic E-state index is 0.142. The van der Waals surface area contributed by atoms with E-state index >= 15 is 0 Å². The second-order valence-electron chi connectivity index (χ2n) is 7.42. The Labute approximate surface area is 138 Å². The molecule has 3 saturated carbocycles. The molecule has 0 radical (unpaired) electrons. The highest BCUT2D eigenvalue weighted by atomic mass is 16.5. The summed E-state index contributed by atoms with van der Waals surface area (Å²) in [7, 11) is 0. The Morgan fingerprint density at radius 3 is 2.91 bits per heavy atom. The molecule has 4 rings (SSSR count). The van der Waals surface area contributed by atoms with Crippen molar-refractivity contribution in [2.75, 3.05) is 6.61 Å². The number of carbonyl (C=O) groups excluding carboxylic acids is 1. The molecule has 0 saturated heterocycles. The van der Waals surface area contributed by atoms with Crippen LogP contribution in [0.5, 0.6) is 0 Å². The van der Waals surface area contributed by atoms with Crippen molar-refractivity contribution in [3.8, 4) is 0 Å². The number of amides is 1. The maximum atomic E-state index is 12.6. The highest BCUT2D eigenvalue weighted by molar-refractivity contribution is 5.83. The van der Waals surface area contributed by atoms with E-state index in [1.807, 2.05) is 12.3 Å². The van der Waals surface area contributed by atoms with Crippen LogP contribution in [-0.4, -0.2) is 29.6 Å². The number of rotatable bonds is 5. The van der Waals surface area contributed by atoms with Crippen molar-refractivity contribution in [3.05, 3.63) is 30.1 Å². The molecule has 1 aromatic rings. The molecular formula is C19H26N2O2. The quantitative estimate of drug-likeness (QED) is 0.909. The van der Waals surface area contributed by atoms with Gasteiger partial charge in [-0.3, -0.25) is 9.78 Å². The number of pyridine rings is 1. The summed E-state index contributed by atoms with van der Waals surface area (Å²) in [5, 5.41) is 3.36. The van der Waals surface area contributed by atoms with Gasteiger partial charge in [0.2, 0.25) is 5.91 Å². The summed E-state index contributed by atoms with van der Waals surface area (Å²) in [6.45, 7) is 2.84. The van der Waals surface area contributed by atoms with Crippen molar-refractivity contribution in [1.82, 2.24) is 10.3 Å². The van der Waals surface area contributed by atoms with Crippen LogP contribution in [0.1, 0.15) is 56.9 Å². The molecule has 0 unspecified atom stereocenters. The fourth-order valence-corrected chi connectivity index (χ4v) is 4.82. The van der Waals surface area contributed by atoms with Crippen molar-refractivity contribution >= 4 is 5.91 Å². The van der Waals surface area contributed by atoms with Gasteiger partial charge < -0.3 is 10.1 Å². The third-order valence-electron chi connectivity index (χ3n) is 6.24. The molecule has 0 aromatic carbocycles. The van der Waals surface area contributed by atoms with Crippen molar-refractivity contribution in [2.24, 2.45) is 11.3 Å². The van der Waals surface area contributed by atoms with Gasteiger partial charge in [-0.05, 0) is 50.2 Å². The number of nitrogens with zero attached hydrogens (tertiary/aromatic N) is 1. The summed E-state index contributed by atoms with van der Waals surface area (Å²) >= 11 is 0. The van der Waals surface area contributed by atoms with Gasteiger partial charge in [-0.25, -0.2) is 0 Å². The molecule has 3 aliphatic carbocycles. The van der Waals surface area contributed by atoms with Crippen molar-refractivity contribution in [2.45, 2.75) is 63.5 Å². The summed E-state index contributed by atoms with van der Waals surface area (Å²) in [5.41, 5.74) is 1.42. The van der Waals surface area contributed by atoms with Gasteiger partial charge in [0.25, 0.3) is 0 Å². The smallest absolute Gasteiger partial charge is 0.223 e. The summed E-state index contributed by atoms with van der Waals surface area (Å²) in [4.78, 5) is 16.8. The van der Waals surface area contributed by atoms with Crippen LogP contribution in [0.2, 0.25) is 0 Å². The van der Waals surface area contributed by atoms with Crippen LogP contribution in [-0.2, 0) is 9.53 Å². The fraction of sp³-hybridized carbons (Fsp3) is 0.684. The van der Waals surface area contributed by atoms with Gasteiger partial charge in [0.1, 0.15) is 0 Å². The van der Waals surface area contributed by atoms with Gasteiger partial charge in [0.05, 0.1) is 6.10 Å². The lowest BCUT2D eigenvalue weighted by atomic mass is 9.60. The molecule has 4 atom stereocenters. The molecule has 0 aliphatic heterocycles. The van der Waals surface area contributed by atoms with E-state index in [4.69, 9.17) is 4.74 Å². The SMILES string of the molecule is CCO[C@@H]1C[C@H](NC(=O)[C@H]2C[C@H]2c2cccnc2)C12CCCC2. The number of aromatic nitrogens is 1. The molecule has 3 aliphatic rings. The number of nitrogens with one attached hydrogen (secondary N) is 1. The van der Waals surface area contributed by atoms with Crippen molar-refractivity contribution in [1.29, 1.82) is 0 Å². The van der Waals surface area contributed by atoms with Crippen LogP contribution in [0.15, 0.2) is 24.5 Å². The van der Waals surface area contributed by atoms with E-state index in [0.717, 1.165) is 19.4 Å². The number of ether oxygens (including phenoxy) is 1. The highest BCUT2D eigenvalue weighted by Gasteiger charge is 2.58. The number of hydrogen-bond acceptors (Lipinski definition) is 3.